The fourth-order valence-corrected chi connectivity index (χ4v) is 2.33. The van der Waals surface area contributed by atoms with E-state index in [1.165, 1.54) is 0 Å². The number of nitrogens with one attached hydrogen (secondary N) is 1. The molecule has 134 valence electrons. The van der Waals surface area contributed by atoms with Crippen molar-refractivity contribution in [1.82, 2.24) is 10.2 Å². The van der Waals surface area contributed by atoms with E-state index < -0.39 is 11.7 Å². The van der Waals surface area contributed by atoms with Crippen LogP contribution in [0.25, 0.3) is 0 Å². The van der Waals surface area contributed by atoms with Crippen LogP contribution in [-0.4, -0.2) is 36.1 Å². The molecule has 5 nitrogen and oxygen atoms in total. The highest BCUT2D eigenvalue weighted by atomic mass is 35.5. The summed E-state index contributed by atoms with van der Waals surface area (Å²) in [7, 11) is 1.77. The molecule has 0 saturated carbocycles. The summed E-state index contributed by atoms with van der Waals surface area (Å²) in [5.41, 5.74) is 0.470. The number of ether oxygens (including phenoxy) is 1. The van der Waals surface area contributed by atoms with Crippen molar-refractivity contribution in [1.29, 1.82) is 0 Å². The minimum absolute atomic E-state index is 0.0217. The third kappa shape index (κ3) is 7.21. The van der Waals surface area contributed by atoms with Crippen LogP contribution < -0.4 is 5.32 Å². The van der Waals surface area contributed by atoms with E-state index in [2.05, 4.69) is 5.32 Å². The van der Waals surface area contributed by atoms with Crippen molar-refractivity contribution in [2.24, 2.45) is 0 Å². The first kappa shape index (κ1) is 20.3. The van der Waals surface area contributed by atoms with Crippen molar-refractivity contribution in [3.05, 3.63) is 34.9 Å². The maximum atomic E-state index is 12.3. The van der Waals surface area contributed by atoms with E-state index in [0.29, 0.717) is 24.4 Å². The van der Waals surface area contributed by atoms with Gasteiger partial charge in [-0.25, -0.2) is 4.79 Å². The Labute approximate surface area is 149 Å². The molecule has 1 aromatic rings. The van der Waals surface area contributed by atoms with Gasteiger partial charge in [-0.15, -0.1) is 0 Å². The number of amides is 2. The minimum Gasteiger partial charge on any atom is -0.444 e. The molecule has 0 aliphatic carbocycles. The number of nitrogens with zero attached hydrogens (tertiary/aromatic N) is 1. The molecular weight excluding hydrogens is 328 g/mol. The van der Waals surface area contributed by atoms with Crippen LogP contribution in [0.3, 0.4) is 0 Å². The molecule has 1 unspecified atom stereocenters. The van der Waals surface area contributed by atoms with Gasteiger partial charge >= 0.3 is 6.09 Å². The maximum Gasteiger partial charge on any atom is 0.407 e. The molecule has 1 N–H and O–H groups in total. The van der Waals surface area contributed by atoms with Gasteiger partial charge in [0.2, 0.25) is 5.91 Å². The average molecular weight is 355 g/mol. The van der Waals surface area contributed by atoms with E-state index in [1.807, 2.05) is 52.0 Å². The normalized spacial score (nSPS) is 12.4. The molecule has 0 aliphatic rings. The number of halogens is 1. The molecule has 0 bridgehead atoms. The lowest BCUT2D eigenvalue weighted by Gasteiger charge is -2.25. The Hall–Kier alpha value is -1.75. The van der Waals surface area contributed by atoms with Gasteiger partial charge in [0.1, 0.15) is 5.60 Å². The number of hydrogen-bond donors (Lipinski definition) is 1. The number of rotatable bonds is 6. The van der Waals surface area contributed by atoms with E-state index in [1.54, 1.807) is 11.9 Å². The largest absolute Gasteiger partial charge is 0.444 e. The lowest BCUT2D eigenvalue weighted by molar-refractivity contribution is -0.131. The van der Waals surface area contributed by atoms with Gasteiger partial charge in [0, 0.05) is 25.0 Å². The smallest absolute Gasteiger partial charge is 0.407 e. The lowest BCUT2D eigenvalue weighted by Crippen LogP contribution is -2.34. The van der Waals surface area contributed by atoms with Crippen molar-refractivity contribution < 1.29 is 14.3 Å². The van der Waals surface area contributed by atoms with Crippen LogP contribution in [0.2, 0.25) is 5.02 Å². The highest BCUT2D eigenvalue weighted by Crippen LogP contribution is 2.22. The van der Waals surface area contributed by atoms with Gasteiger partial charge in [-0.3, -0.25) is 4.79 Å². The summed E-state index contributed by atoms with van der Waals surface area (Å²) in [4.78, 5) is 25.5. The number of carbonyl (C=O) groups is 2. The van der Waals surface area contributed by atoms with E-state index in [4.69, 9.17) is 16.3 Å². The molecule has 0 aliphatic heterocycles. The fraction of sp³-hybridized carbons (Fsp3) is 0.556. The van der Waals surface area contributed by atoms with Gasteiger partial charge in [-0.1, -0.05) is 23.7 Å². The maximum absolute atomic E-state index is 12.3. The first-order chi connectivity index (χ1) is 11.1. The number of benzene rings is 1. The van der Waals surface area contributed by atoms with Crippen molar-refractivity contribution in [3.63, 3.8) is 0 Å². The van der Waals surface area contributed by atoms with Crippen molar-refractivity contribution in [2.75, 3.05) is 13.6 Å². The Balaban J connectivity index is 2.38. The standard InChI is InChI=1S/C18H27ClN2O3/c1-13(14-8-6-9-15(19)12-14)21(5)16(22)10-7-11-20-17(23)24-18(2,3)4/h6,8-9,12-13H,7,10-11H2,1-5H3,(H,20,23). The van der Waals surface area contributed by atoms with Crippen LogP contribution >= 0.6 is 11.6 Å². The lowest BCUT2D eigenvalue weighted by atomic mass is 10.1. The molecule has 0 heterocycles. The molecule has 0 radical (unpaired) electrons. The number of hydrogen-bond acceptors (Lipinski definition) is 3. The van der Waals surface area contributed by atoms with E-state index in [0.717, 1.165) is 5.56 Å². The molecule has 1 rings (SSSR count). The summed E-state index contributed by atoms with van der Waals surface area (Å²) < 4.78 is 5.14. The van der Waals surface area contributed by atoms with Crippen LogP contribution in [0.5, 0.6) is 0 Å². The van der Waals surface area contributed by atoms with E-state index in [9.17, 15) is 9.59 Å². The quantitative estimate of drug-likeness (QED) is 0.780. The second kappa shape index (κ2) is 8.92. The first-order valence-electron chi connectivity index (χ1n) is 8.08. The van der Waals surface area contributed by atoms with Crippen molar-refractivity contribution >= 4 is 23.6 Å². The van der Waals surface area contributed by atoms with Gasteiger partial charge in [0.15, 0.2) is 0 Å². The Morgan fingerprint density at radius 1 is 1.33 bits per heavy atom. The van der Waals surface area contributed by atoms with E-state index in [-0.39, 0.29) is 11.9 Å². The molecule has 6 heteroatoms. The first-order valence-corrected chi connectivity index (χ1v) is 8.46. The predicted octanol–water partition coefficient (Wildman–Crippen LogP) is 4.16. The minimum atomic E-state index is -0.521. The summed E-state index contributed by atoms with van der Waals surface area (Å²) in [6.07, 6.45) is 0.456. The molecule has 0 aromatic heterocycles. The molecule has 0 spiro atoms. The molecule has 1 aromatic carbocycles. The topological polar surface area (TPSA) is 58.6 Å². The van der Waals surface area contributed by atoms with Gasteiger partial charge in [-0.05, 0) is 51.8 Å². The van der Waals surface area contributed by atoms with Crippen LogP contribution in [0, 0.1) is 0 Å². The van der Waals surface area contributed by atoms with Crippen molar-refractivity contribution in [2.45, 2.75) is 52.2 Å². The summed E-state index contributed by atoms with van der Waals surface area (Å²) in [6, 6.07) is 7.43. The Morgan fingerprint density at radius 3 is 2.58 bits per heavy atom. The predicted molar refractivity (Wildman–Crippen MR) is 96.1 cm³/mol. The molecule has 2 amide bonds. The zero-order valence-electron chi connectivity index (χ0n) is 15.1. The average Bonchev–Trinajstić information content (AvgIpc) is 2.48. The highest BCUT2D eigenvalue weighted by Gasteiger charge is 2.18. The van der Waals surface area contributed by atoms with Crippen LogP contribution in [0.4, 0.5) is 4.79 Å². The van der Waals surface area contributed by atoms with Gasteiger partial charge < -0.3 is 15.0 Å². The second-order valence-electron chi connectivity index (χ2n) is 6.77. The molecule has 0 fully saturated rings. The zero-order chi connectivity index (χ0) is 18.3. The second-order valence-corrected chi connectivity index (χ2v) is 7.20. The van der Waals surface area contributed by atoms with Crippen LogP contribution in [0.15, 0.2) is 24.3 Å². The summed E-state index contributed by atoms with van der Waals surface area (Å²) in [6.45, 7) is 7.79. The Morgan fingerprint density at radius 2 is 2.00 bits per heavy atom. The fourth-order valence-electron chi connectivity index (χ4n) is 2.13. The van der Waals surface area contributed by atoms with Crippen molar-refractivity contribution in [3.8, 4) is 0 Å². The molecule has 1 atom stereocenters. The summed E-state index contributed by atoms with van der Waals surface area (Å²) in [5, 5.41) is 3.31. The molecular formula is C18H27ClN2O3. The van der Waals surface area contributed by atoms with Crippen LogP contribution in [0.1, 0.15) is 52.1 Å². The van der Waals surface area contributed by atoms with Gasteiger partial charge in [-0.2, -0.15) is 0 Å². The SMILES string of the molecule is CC(c1cccc(Cl)c1)N(C)C(=O)CCCNC(=O)OC(C)(C)C. The Kier molecular flexibility index (Phi) is 7.55. The van der Waals surface area contributed by atoms with Gasteiger partial charge in [0.05, 0.1) is 6.04 Å². The Bertz CT molecular complexity index is 570. The van der Waals surface area contributed by atoms with Gasteiger partial charge in [0.25, 0.3) is 0 Å². The third-order valence-corrected chi connectivity index (χ3v) is 3.78. The zero-order valence-corrected chi connectivity index (χ0v) is 15.8. The third-order valence-electron chi connectivity index (χ3n) is 3.54. The summed E-state index contributed by atoms with van der Waals surface area (Å²) >= 11 is 6.00. The monoisotopic (exact) mass is 354 g/mol. The van der Waals surface area contributed by atoms with E-state index >= 15 is 0 Å². The molecule has 24 heavy (non-hydrogen) atoms. The molecule has 0 saturated heterocycles. The number of carbonyl (C=O) groups excluding carboxylic acids is 2. The number of alkyl carbamates (subject to hydrolysis) is 1. The highest BCUT2D eigenvalue weighted by molar-refractivity contribution is 6.30. The summed E-state index contributed by atoms with van der Waals surface area (Å²) in [5.74, 6) is 0.0217. The van der Waals surface area contributed by atoms with Crippen LogP contribution in [-0.2, 0) is 9.53 Å².